The lowest BCUT2D eigenvalue weighted by Crippen LogP contribution is -2.37. The molecule has 140 valence electrons. The van der Waals surface area contributed by atoms with Gasteiger partial charge in [0.25, 0.3) is 0 Å². The third-order valence-electron chi connectivity index (χ3n) is 3.96. The third-order valence-corrected chi connectivity index (χ3v) is 5.17. The maximum Gasteiger partial charge on any atom is 0.394 e. The highest BCUT2D eigenvalue weighted by Gasteiger charge is 2.34. The van der Waals surface area contributed by atoms with Crippen molar-refractivity contribution < 1.29 is 29.4 Å². The molecule has 1 aliphatic heterocycles. The molecular weight excluding hydrogens is 374 g/mol. The van der Waals surface area contributed by atoms with Crippen LogP contribution in [-0.2, 0) is 20.8 Å². The van der Waals surface area contributed by atoms with Gasteiger partial charge in [-0.05, 0) is 24.1 Å². The molecule has 2 heterocycles. The van der Waals surface area contributed by atoms with Crippen LogP contribution in [0.15, 0.2) is 30.3 Å². The summed E-state index contributed by atoms with van der Waals surface area (Å²) in [4.78, 5) is 47.0. The van der Waals surface area contributed by atoms with E-state index in [4.69, 9.17) is 5.11 Å². The Balaban J connectivity index is 1.94. The number of fused-ring (bicyclic) bond motifs is 1. The minimum atomic E-state index is -1.73. The summed E-state index contributed by atoms with van der Waals surface area (Å²) in [5.41, 5.74) is 0.828. The van der Waals surface area contributed by atoms with Gasteiger partial charge < -0.3 is 26.2 Å². The maximum absolute atomic E-state index is 12.7. The van der Waals surface area contributed by atoms with Crippen LogP contribution in [0.25, 0.3) is 0 Å². The van der Waals surface area contributed by atoms with Crippen LogP contribution in [0.1, 0.15) is 26.8 Å². The molecule has 1 aromatic carbocycles. The van der Waals surface area contributed by atoms with E-state index in [0.29, 0.717) is 29.1 Å². The second-order valence-corrected chi connectivity index (χ2v) is 6.76. The number of aliphatic carboxylic acids is 1. The molecule has 0 bridgehead atoms. The van der Waals surface area contributed by atoms with Gasteiger partial charge >= 0.3 is 17.8 Å². The lowest BCUT2D eigenvalue weighted by atomic mass is 9.98. The minimum absolute atomic E-state index is 0.0962. The van der Waals surface area contributed by atoms with Crippen LogP contribution in [0.4, 0.5) is 10.7 Å². The predicted molar refractivity (Wildman–Crippen MR) is 97.1 cm³/mol. The Labute approximate surface area is 157 Å². The summed E-state index contributed by atoms with van der Waals surface area (Å²) in [6.45, 7) is 0.364. The van der Waals surface area contributed by atoms with Gasteiger partial charge in [-0.25, -0.2) is 9.59 Å². The van der Waals surface area contributed by atoms with Crippen molar-refractivity contribution in [2.45, 2.75) is 12.5 Å². The molecular formula is C17H15N3O6S. The molecule has 0 unspecified atom stereocenters. The fraction of sp³-hybridized carbons (Fsp3) is 0.176. The van der Waals surface area contributed by atoms with Gasteiger partial charge in [0.05, 0.1) is 5.56 Å². The zero-order chi connectivity index (χ0) is 19.6. The Hall–Kier alpha value is -3.24. The van der Waals surface area contributed by atoms with E-state index in [0.717, 1.165) is 11.3 Å². The van der Waals surface area contributed by atoms with Crippen LogP contribution in [0, 0.1) is 0 Å². The van der Waals surface area contributed by atoms with Crippen LogP contribution < -0.4 is 16.0 Å². The molecule has 5 N–H and O–H groups in total. The number of para-hydroxylation sites is 1. The van der Waals surface area contributed by atoms with E-state index in [1.54, 1.807) is 24.3 Å². The fourth-order valence-electron chi connectivity index (χ4n) is 2.82. The molecule has 0 aliphatic carbocycles. The van der Waals surface area contributed by atoms with Gasteiger partial charge in [0, 0.05) is 17.1 Å². The third kappa shape index (κ3) is 3.81. The monoisotopic (exact) mass is 389 g/mol. The molecule has 2 amide bonds. The maximum atomic E-state index is 12.7. The smallest absolute Gasteiger partial charge is 0.394 e. The van der Waals surface area contributed by atoms with Crippen LogP contribution >= 0.6 is 11.3 Å². The van der Waals surface area contributed by atoms with E-state index >= 15 is 0 Å². The number of carbonyl (C=O) groups excluding carboxylic acids is 2. The number of amides is 2. The van der Waals surface area contributed by atoms with Gasteiger partial charge in [0.1, 0.15) is 11.0 Å². The molecule has 0 saturated heterocycles. The van der Waals surface area contributed by atoms with Crippen molar-refractivity contribution in [1.29, 1.82) is 0 Å². The van der Waals surface area contributed by atoms with Crippen LogP contribution in [-0.4, -0.2) is 40.5 Å². The molecule has 10 heteroatoms. The highest BCUT2D eigenvalue weighted by Crippen LogP contribution is 2.40. The average molecular weight is 389 g/mol. The highest BCUT2D eigenvalue weighted by molar-refractivity contribution is 7.17. The molecule has 0 radical (unpaired) electrons. The number of hydrogen-bond acceptors (Lipinski definition) is 6. The Kier molecular flexibility index (Phi) is 5.19. The van der Waals surface area contributed by atoms with Gasteiger partial charge in [-0.2, -0.15) is 0 Å². The number of hydrogen-bond donors (Lipinski definition) is 5. The SMILES string of the molecule is O=C(O)C(=O)Nc1sc2c(c1C(=O)O)CCN[C@@H]2C(=O)Nc1ccccc1. The zero-order valence-corrected chi connectivity index (χ0v) is 14.6. The first kappa shape index (κ1) is 18.5. The number of nitrogens with one attached hydrogen (secondary N) is 3. The lowest BCUT2D eigenvalue weighted by molar-refractivity contribution is -0.147. The molecule has 1 aliphatic rings. The highest BCUT2D eigenvalue weighted by atomic mass is 32.1. The average Bonchev–Trinajstić information content (AvgIpc) is 3.00. The first-order valence-electron chi connectivity index (χ1n) is 7.91. The van der Waals surface area contributed by atoms with E-state index in [1.807, 2.05) is 6.07 Å². The largest absolute Gasteiger partial charge is 0.478 e. The second-order valence-electron chi connectivity index (χ2n) is 5.71. The van der Waals surface area contributed by atoms with Crippen molar-refractivity contribution in [2.75, 3.05) is 17.2 Å². The number of carbonyl (C=O) groups is 4. The molecule has 2 aromatic rings. The summed E-state index contributed by atoms with van der Waals surface area (Å²) >= 11 is 0.884. The summed E-state index contributed by atoms with van der Waals surface area (Å²) in [6, 6.07) is 7.97. The number of anilines is 2. The Morgan fingerprint density at radius 2 is 1.78 bits per heavy atom. The molecule has 27 heavy (non-hydrogen) atoms. The van der Waals surface area contributed by atoms with Crippen LogP contribution in [0.2, 0.25) is 0 Å². The quantitative estimate of drug-likeness (QED) is 0.496. The number of rotatable bonds is 4. The molecule has 0 spiro atoms. The second kappa shape index (κ2) is 7.56. The Morgan fingerprint density at radius 1 is 1.07 bits per heavy atom. The number of carboxylic acids is 2. The molecule has 3 rings (SSSR count). The van der Waals surface area contributed by atoms with Crippen LogP contribution in [0.3, 0.4) is 0 Å². The van der Waals surface area contributed by atoms with Crippen molar-refractivity contribution in [1.82, 2.24) is 5.32 Å². The number of thiophene rings is 1. The normalized spacial score (nSPS) is 15.5. The molecule has 0 saturated carbocycles. The molecule has 1 atom stereocenters. The first-order chi connectivity index (χ1) is 12.9. The van der Waals surface area contributed by atoms with Crippen LogP contribution in [0.5, 0.6) is 0 Å². The van der Waals surface area contributed by atoms with Gasteiger partial charge in [0.15, 0.2) is 0 Å². The first-order valence-corrected chi connectivity index (χ1v) is 8.72. The van der Waals surface area contributed by atoms with Crippen molar-refractivity contribution in [3.05, 3.63) is 46.3 Å². The fourth-order valence-corrected chi connectivity index (χ4v) is 4.13. The van der Waals surface area contributed by atoms with E-state index < -0.39 is 23.9 Å². The minimum Gasteiger partial charge on any atom is -0.478 e. The predicted octanol–water partition coefficient (Wildman–Crippen LogP) is 1.29. The zero-order valence-electron chi connectivity index (χ0n) is 13.8. The van der Waals surface area contributed by atoms with Gasteiger partial charge in [-0.1, -0.05) is 18.2 Å². The van der Waals surface area contributed by atoms with Crippen molar-refractivity contribution in [3.8, 4) is 0 Å². The molecule has 0 fully saturated rings. The topological polar surface area (TPSA) is 145 Å². The Morgan fingerprint density at radius 3 is 2.41 bits per heavy atom. The summed E-state index contributed by atoms with van der Waals surface area (Å²) < 4.78 is 0. The van der Waals surface area contributed by atoms with Crippen molar-refractivity contribution >= 4 is 45.8 Å². The lowest BCUT2D eigenvalue weighted by Gasteiger charge is -2.23. The number of benzene rings is 1. The molecule has 1 aromatic heterocycles. The summed E-state index contributed by atoms with van der Waals surface area (Å²) in [6.07, 6.45) is 0.339. The number of aromatic carboxylic acids is 1. The summed E-state index contributed by atoms with van der Waals surface area (Å²) in [5.74, 6) is -4.74. The number of carboxylic acid groups (broad SMARTS) is 2. The van der Waals surface area contributed by atoms with Gasteiger partial charge in [-0.3, -0.25) is 9.59 Å². The summed E-state index contributed by atoms with van der Waals surface area (Å²) in [7, 11) is 0. The van der Waals surface area contributed by atoms with E-state index in [1.165, 1.54) is 0 Å². The Bertz CT molecular complexity index is 924. The van der Waals surface area contributed by atoms with E-state index in [9.17, 15) is 24.3 Å². The standard InChI is InChI=1S/C17H15N3O6S/c21-13(19-8-4-2-1-3-5-8)11-12-9(6-7-18-11)10(16(23)24)15(27-12)20-14(22)17(25)26/h1-5,11,18H,6-7H2,(H,19,21)(H,20,22)(H,23,24)(H,25,26)/t11-/m0/s1. The van der Waals surface area contributed by atoms with Gasteiger partial charge in [-0.15, -0.1) is 11.3 Å². The van der Waals surface area contributed by atoms with E-state index in [-0.39, 0.29) is 16.5 Å². The van der Waals surface area contributed by atoms with Gasteiger partial charge in [0.2, 0.25) is 5.91 Å². The van der Waals surface area contributed by atoms with Crippen molar-refractivity contribution in [3.63, 3.8) is 0 Å². The van der Waals surface area contributed by atoms with Crippen molar-refractivity contribution in [2.24, 2.45) is 0 Å². The summed E-state index contributed by atoms with van der Waals surface area (Å²) in [5, 5.41) is 26.0. The molecule has 9 nitrogen and oxygen atoms in total. The van der Waals surface area contributed by atoms with E-state index in [2.05, 4.69) is 16.0 Å².